The summed E-state index contributed by atoms with van der Waals surface area (Å²) in [6.07, 6.45) is 4.73. The number of nitrogens with zero attached hydrogens (tertiary/aromatic N) is 2. The predicted molar refractivity (Wildman–Crippen MR) is 71.5 cm³/mol. The highest BCUT2D eigenvalue weighted by Gasteiger charge is 2.35. The van der Waals surface area contributed by atoms with Crippen LogP contribution in [0, 0.1) is 0 Å². The molecule has 0 amide bonds. The van der Waals surface area contributed by atoms with E-state index >= 15 is 0 Å². The van der Waals surface area contributed by atoms with Crippen LogP contribution in [0.15, 0.2) is 0 Å². The monoisotopic (exact) mass is 254 g/mol. The molecule has 2 unspecified atom stereocenters. The number of carbonyl (C=O) groups is 1. The van der Waals surface area contributed by atoms with Gasteiger partial charge in [-0.25, -0.2) is 0 Å². The molecule has 0 aromatic heterocycles. The number of ether oxygens (including phenoxy) is 1. The highest BCUT2D eigenvalue weighted by atomic mass is 16.5. The molecule has 2 atom stereocenters. The van der Waals surface area contributed by atoms with Gasteiger partial charge in [0.15, 0.2) is 0 Å². The van der Waals surface area contributed by atoms with Gasteiger partial charge in [-0.15, -0.1) is 0 Å². The van der Waals surface area contributed by atoms with Gasteiger partial charge in [-0.1, -0.05) is 6.92 Å². The molecule has 2 heterocycles. The van der Waals surface area contributed by atoms with Crippen molar-refractivity contribution in [1.29, 1.82) is 0 Å². The van der Waals surface area contributed by atoms with Gasteiger partial charge < -0.3 is 4.74 Å². The Balaban J connectivity index is 1.87. The Morgan fingerprint density at radius 3 is 2.61 bits per heavy atom. The quantitative estimate of drug-likeness (QED) is 0.696. The number of likely N-dealkylation sites (tertiary alicyclic amines) is 2. The normalized spacial score (nSPS) is 27.6. The van der Waals surface area contributed by atoms with E-state index in [0.29, 0.717) is 12.6 Å². The second-order valence-electron chi connectivity index (χ2n) is 5.36. The zero-order chi connectivity index (χ0) is 13.0. The van der Waals surface area contributed by atoms with E-state index in [1.165, 1.54) is 32.4 Å². The molecule has 0 radical (unpaired) electrons. The van der Waals surface area contributed by atoms with Crippen LogP contribution in [-0.4, -0.2) is 60.6 Å². The largest absolute Gasteiger partial charge is 0.465 e. The van der Waals surface area contributed by atoms with Gasteiger partial charge in [-0.05, 0) is 45.7 Å². The van der Waals surface area contributed by atoms with Crippen molar-refractivity contribution in [1.82, 2.24) is 9.80 Å². The second-order valence-corrected chi connectivity index (χ2v) is 5.36. The molecule has 2 fully saturated rings. The maximum absolute atomic E-state index is 11.9. The number of hydrogen-bond donors (Lipinski definition) is 0. The van der Waals surface area contributed by atoms with E-state index in [4.69, 9.17) is 4.74 Å². The first kappa shape index (κ1) is 13.8. The van der Waals surface area contributed by atoms with Crippen LogP contribution in [0.4, 0.5) is 0 Å². The summed E-state index contributed by atoms with van der Waals surface area (Å²) in [4.78, 5) is 16.8. The lowest BCUT2D eigenvalue weighted by molar-refractivity contribution is -0.149. The summed E-state index contributed by atoms with van der Waals surface area (Å²) >= 11 is 0. The van der Waals surface area contributed by atoms with Crippen molar-refractivity contribution < 1.29 is 9.53 Å². The van der Waals surface area contributed by atoms with Crippen molar-refractivity contribution in [3.8, 4) is 0 Å². The van der Waals surface area contributed by atoms with E-state index in [1.54, 1.807) is 0 Å². The zero-order valence-corrected chi connectivity index (χ0v) is 11.7. The van der Waals surface area contributed by atoms with Crippen LogP contribution < -0.4 is 0 Å². The lowest BCUT2D eigenvalue weighted by Gasteiger charge is -2.27. The van der Waals surface area contributed by atoms with Gasteiger partial charge in [0.05, 0.1) is 6.61 Å². The number of hydrogen-bond acceptors (Lipinski definition) is 4. The topological polar surface area (TPSA) is 32.8 Å². The van der Waals surface area contributed by atoms with Crippen LogP contribution in [0.2, 0.25) is 0 Å². The molecule has 0 aliphatic carbocycles. The van der Waals surface area contributed by atoms with Gasteiger partial charge in [-0.3, -0.25) is 14.6 Å². The summed E-state index contributed by atoms with van der Waals surface area (Å²) in [7, 11) is 0. The molecule has 2 aliphatic rings. The van der Waals surface area contributed by atoms with Gasteiger partial charge >= 0.3 is 5.97 Å². The van der Waals surface area contributed by atoms with Crippen molar-refractivity contribution in [3.63, 3.8) is 0 Å². The molecule has 0 spiro atoms. The van der Waals surface area contributed by atoms with Crippen LogP contribution in [0.1, 0.15) is 39.5 Å². The first-order valence-corrected chi connectivity index (χ1v) is 7.41. The number of rotatable bonds is 5. The molecular formula is C14H26N2O2. The average molecular weight is 254 g/mol. The maximum atomic E-state index is 11.9. The lowest BCUT2D eigenvalue weighted by Crippen LogP contribution is -2.43. The lowest BCUT2D eigenvalue weighted by atomic mass is 10.2. The molecular weight excluding hydrogens is 228 g/mol. The third kappa shape index (κ3) is 3.04. The van der Waals surface area contributed by atoms with E-state index in [2.05, 4.69) is 16.7 Å². The van der Waals surface area contributed by atoms with E-state index in [0.717, 1.165) is 19.5 Å². The highest BCUT2D eigenvalue weighted by Crippen LogP contribution is 2.23. The Morgan fingerprint density at radius 1 is 1.28 bits per heavy atom. The van der Waals surface area contributed by atoms with Crippen molar-refractivity contribution in [2.45, 2.75) is 51.6 Å². The van der Waals surface area contributed by atoms with Crippen LogP contribution >= 0.6 is 0 Å². The first-order valence-electron chi connectivity index (χ1n) is 7.41. The van der Waals surface area contributed by atoms with Crippen LogP contribution in [0.3, 0.4) is 0 Å². The van der Waals surface area contributed by atoms with Crippen molar-refractivity contribution in [2.24, 2.45) is 0 Å². The minimum Gasteiger partial charge on any atom is -0.465 e. The van der Waals surface area contributed by atoms with E-state index < -0.39 is 0 Å². The average Bonchev–Trinajstić information content (AvgIpc) is 3.00. The van der Waals surface area contributed by atoms with E-state index in [1.807, 2.05) is 6.92 Å². The van der Waals surface area contributed by atoms with Crippen molar-refractivity contribution in [3.05, 3.63) is 0 Å². The van der Waals surface area contributed by atoms with Crippen molar-refractivity contribution in [2.75, 3.05) is 32.8 Å². The Labute approximate surface area is 110 Å². The molecule has 2 aliphatic heterocycles. The highest BCUT2D eigenvalue weighted by molar-refractivity contribution is 5.75. The predicted octanol–water partition coefficient (Wildman–Crippen LogP) is 1.50. The van der Waals surface area contributed by atoms with Crippen molar-refractivity contribution >= 4 is 5.97 Å². The first-order chi connectivity index (χ1) is 8.76. The van der Waals surface area contributed by atoms with Gasteiger partial charge in [-0.2, -0.15) is 0 Å². The summed E-state index contributed by atoms with van der Waals surface area (Å²) in [6.45, 7) is 9.00. The summed E-state index contributed by atoms with van der Waals surface area (Å²) in [6, 6.07) is 0.633. The number of esters is 1. The Kier molecular flexibility index (Phi) is 5.01. The molecule has 0 aromatic carbocycles. The van der Waals surface area contributed by atoms with Gasteiger partial charge in [0.25, 0.3) is 0 Å². The van der Waals surface area contributed by atoms with Crippen LogP contribution in [0.5, 0.6) is 0 Å². The molecule has 104 valence electrons. The maximum Gasteiger partial charge on any atom is 0.323 e. The fraction of sp³-hybridized carbons (Fsp3) is 0.929. The standard InChI is InChI=1S/C14H26N2O2/c1-3-13(14(17)18-4-2)16-10-7-12(11-16)15-8-5-6-9-15/h12-13H,3-11H2,1-2H3. The molecule has 0 aromatic rings. The van der Waals surface area contributed by atoms with Gasteiger partial charge in [0.1, 0.15) is 6.04 Å². The Morgan fingerprint density at radius 2 is 2.00 bits per heavy atom. The molecule has 18 heavy (non-hydrogen) atoms. The molecule has 4 nitrogen and oxygen atoms in total. The smallest absolute Gasteiger partial charge is 0.323 e. The molecule has 2 rings (SSSR count). The number of carbonyl (C=O) groups excluding carboxylic acids is 1. The fourth-order valence-electron chi connectivity index (χ4n) is 3.27. The van der Waals surface area contributed by atoms with Crippen LogP contribution in [0.25, 0.3) is 0 Å². The van der Waals surface area contributed by atoms with Gasteiger partial charge in [0, 0.05) is 19.1 Å². The molecule has 0 bridgehead atoms. The SMILES string of the molecule is CCOC(=O)C(CC)N1CCC(N2CCCC2)C1. The zero-order valence-electron chi connectivity index (χ0n) is 11.7. The van der Waals surface area contributed by atoms with E-state index in [-0.39, 0.29) is 12.0 Å². The van der Waals surface area contributed by atoms with Gasteiger partial charge in [0.2, 0.25) is 0 Å². The summed E-state index contributed by atoms with van der Waals surface area (Å²) in [5, 5.41) is 0. The van der Waals surface area contributed by atoms with Crippen LogP contribution in [-0.2, 0) is 9.53 Å². The molecule has 0 N–H and O–H groups in total. The third-order valence-electron chi connectivity index (χ3n) is 4.24. The summed E-state index contributed by atoms with van der Waals surface area (Å²) in [5.74, 6) is -0.0397. The minimum atomic E-state index is -0.0397. The fourth-order valence-corrected chi connectivity index (χ4v) is 3.27. The van der Waals surface area contributed by atoms with E-state index in [9.17, 15) is 4.79 Å². The third-order valence-corrected chi connectivity index (χ3v) is 4.24. The summed E-state index contributed by atoms with van der Waals surface area (Å²) < 4.78 is 5.17. The second kappa shape index (κ2) is 6.53. The molecule has 4 heteroatoms. The Bertz CT molecular complexity index is 277. The molecule has 2 saturated heterocycles. The molecule has 0 saturated carbocycles. The minimum absolute atomic E-state index is 0.0300. The Hall–Kier alpha value is -0.610. The summed E-state index contributed by atoms with van der Waals surface area (Å²) in [5.41, 5.74) is 0.